The van der Waals surface area contributed by atoms with E-state index in [-0.39, 0.29) is 5.91 Å². The minimum atomic E-state index is -0.250. The number of nitrogens with one attached hydrogen (secondary N) is 1. The van der Waals surface area contributed by atoms with Gasteiger partial charge < -0.3 is 14.8 Å². The molecule has 0 bridgehead atoms. The highest BCUT2D eigenvalue weighted by Crippen LogP contribution is 2.37. The van der Waals surface area contributed by atoms with E-state index in [0.717, 1.165) is 5.56 Å². The monoisotopic (exact) mass is 397 g/mol. The molecule has 0 atom stereocenters. The molecule has 0 radical (unpaired) electrons. The number of anilines is 1. The minimum absolute atomic E-state index is 0.250. The first-order valence-corrected chi connectivity index (χ1v) is 8.21. The van der Waals surface area contributed by atoms with Gasteiger partial charge in [-0.3, -0.25) is 4.79 Å². The summed E-state index contributed by atoms with van der Waals surface area (Å²) in [7, 11) is 1.55. The average molecular weight is 399 g/mol. The van der Waals surface area contributed by atoms with Gasteiger partial charge >= 0.3 is 0 Å². The summed E-state index contributed by atoms with van der Waals surface area (Å²) in [5, 5.41) is 3.47. The Morgan fingerprint density at radius 1 is 1.35 bits per heavy atom. The van der Waals surface area contributed by atoms with E-state index in [0.29, 0.717) is 38.9 Å². The first kappa shape index (κ1) is 17.6. The van der Waals surface area contributed by atoms with Gasteiger partial charge in [0.05, 0.1) is 18.2 Å². The van der Waals surface area contributed by atoms with Crippen LogP contribution in [0.4, 0.5) is 5.69 Å². The number of methoxy groups -OCH3 is 1. The molecule has 4 nitrogen and oxygen atoms in total. The van der Waals surface area contributed by atoms with E-state index in [1.54, 1.807) is 37.4 Å². The van der Waals surface area contributed by atoms with Gasteiger partial charge in [-0.25, -0.2) is 0 Å². The largest absolute Gasteiger partial charge is 0.492 e. The maximum atomic E-state index is 12.5. The summed E-state index contributed by atoms with van der Waals surface area (Å²) < 4.78 is 11.5. The lowest BCUT2D eigenvalue weighted by Gasteiger charge is -2.14. The lowest BCUT2D eigenvalue weighted by Crippen LogP contribution is -2.13. The summed E-state index contributed by atoms with van der Waals surface area (Å²) in [5.41, 5.74) is 1.95. The molecule has 1 N–H and O–H groups in total. The van der Waals surface area contributed by atoms with Crippen molar-refractivity contribution < 1.29 is 14.3 Å². The second-order valence-corrected chi connectivity index (χ2v) is 6.05. The summed E-state index contributed by atoms with van der Waals surface area (Å²) >= 11 is 9.48. The predicted octanol–water partition coefficient (Wildman–Crippen LogP) is 5.07. The van der Waals surface area contributed by atoms with E-state index < -0.39 is 0 Å². The number of carbonyl (C=O) groups is 1. The van der Waals surface area contributed by atoms with E-state index in [4.69, 9.17) is 21.1 Å². The van der Waals surface area contributed by atoms with Crippen LogP contribution < -0.4 is 14.8 Å². The van der Waals surface area contributed by atoms with Crippen LogP contribution in [0.5, 0.6) is 11.5 Å². The molecule has 2 rings (SSSR count). The van der Waals surface area contributed by atoms with Crippen molar-refractivity contribution in [3.8, 4) is 11.5 Å². The van der Waals surface area contributed by atoms with Gasteiger partial charge in [0, 0.05) is 16.3 Å². The summed E-state index contributed by atoms with van der Waals surface area (Å²) in [5.74, 6) is 0.819. The Bertz CT molecular complexity index is 734. The molecule has 122 valence electrons. The van der Waals surface area contributed by atoms with E-state index in [1.807, 2.05) is 13.8 Å². The molecule has 2 aromatic rings. The highest BCUT2D eigenvalue weighted by atomic mass is 79.9. The van der Waals surface area contributed by atoms with Gasteiger partial charge in [0.15, 0.2) is 11.5 Å². The van der Waals surface area contributed by atoms with Gasteiger partial charge in [0.2, 0.25) is 0 Å². The fourth-order valence-corrected chi connectivity index (χ4v) is 2.88. The quantitative estimate of drug-likeness (QED) is 0.765. The normalized spacial score (nSPS) is 10.3. The van der Waals surface area contributed by atoms with Gasteiger partial charge in [-0.2, -0.15) is 0 Å². The zero-order chi connectivity index (χ0) is 17.0. The van der Waals surface area contributed by atoms with Crippen molar-refractivity contribution in [3.63, 3.8) is 0 Å². The van der Waals surface area contributed by atoms with Gasteiger partial charge in [-0.1, -0.05) is 17.7 Å². The van der Waals surface area contributed by atoms with Crippen LogP contribution in [-0.4, -0.2) is 19.6 Å². The fourth-order valence-electron chi connectivity index (χ4n) is 2.10. The van der Waals surface area contributed by atoms with Crippen molar-refractivity contribution in [3.05, 3.63) is 51.0 Å². The molecule has 23 heavy (non-hydrogen) atoms. The molecule has 6 heteroatoms. The maximum Gasteiger partial charge on any atom is 0.255 e. The number of hydrogen-bond acceptors (Lipinski definition) is 3. The molecule has 0 aliphatic rings. The van der Waals surface area contributed by atoms with E-state index in [9.17, 15) is 4.79 Å². The van der Waals surface area contributed by atoms with Crippen molar-refractivity contribution in [2.24, 2.45) is 0 Å². The van der Waals surface area contributed by atoms with Gasteiger partial charge in [-0.15, -0.1) is 0 Å². The highest BCUT2D eigenvalue weighted by molar-refractivity contribution is 9.10. The summed E-state index contributed by atoms with van der Waals surface area (Å²) in [6.45, 7) is 4.20. The number of amides is 1. The zero-order valence-electron chi connectivity index (χ0n) is 13.1. The Kier molecular flexibility index (Phi) is 5.91. The first-order valence-electron chi connectivity index (χ1n) is 7.04. The van der Waals surface area contributed by atoms with Gasteiger partial charge in [0.1, 0.15) is 0 Å². The van der Waals surface area contributed by atoms with Crippen LogP contribution >= 0.6 is 27.5 Å². The highest BCUT2D eigenvalue weighted by Gasteiger charge is 2.16. The van der Waals surface area contributed by atoms with Crippen LogP contribution in [-0.2, 0) is 0 Å². The standard InChI is InChI=1S/C17H17BrClNO3/c1-4-23-15-9-11(8-12(18)16(15)22-3)17(21)20-14-7-5-6-13(19)10(14)2/h5-9H,4H2,1-3H3,(H,20,21). The van der Waals surface area contributed by atoms with Crippen molar-refractivity contribution in [2.75, 3.05) is 19.0 Å². The van der Waals surface area contributed by atoms with Crippen molar-refractivity contribution in [2.45, 2.75) is 13.8 Å². The smallest absolute Gasteiger partial charge is 0.255 e. The van der Waals surface area contributed by atoms with Crippen LogP contribution in [0, 0.1) is 6.92 Å². The lowest BCUT2D eigenvalue weighted by atomic mass is 10.1. The molecule has 0 aliphatic heterocycles. The Morgan fingerprint density at radius 2 is 2.09 bits per heavy atom. The van der Waals surface area contributed by atoms with Gasteiger partial charge in [0.25, 0.3) is 5.91 Å². The van der Waals surface area contributed by atoms with Crippen LogP contribution in [0.15, 0.2) is 34.8 Å². The molecule has 0 fully saturated rings. The molecule has 0 unspecified atom stereocenters. The van der Waals surface area contributed by atoms with Crippen molar-refractivity contribution in [1.82, 2.24) is 0 Å². The topological polar surface area (TPSA) is 47.6 Å². The molecule has 0 spiro atoms. The lowest BCUT2D eigenvalue weighted by molar-refractivity contribution is 0.102. The van der Waals surface area contributed by atoms with Gasteiger partial charge in [-0.05, 0) is 59.6 Å². The number of rotatable bonds is 5. The molecular formula is C17H17BrClNO3. The Morgan fingerprint density at radius 3 is 2.74 bits per heavy atom. The van der Waals surface area contributed by atoms with E-state index in [1.165, 1.54) is 0 Å². The van der Waals surface area contributed by atoms with Crippen LogP contribution in [0.2, 0.25) is 5.02 Å². The van der Waals surface area contributed by atoms with Crippen LogP contribution in [0.1, 0.15) is 22.8 Å². The molecular weight excluding hydrogens is 382 g/mol. The van der Waals surface area contributed by atoms with Crippen LogP contribution in [0.25, 0.3) is 0 Å². The zero-order valence-corrected chi connectivity index (χ0v) is 15.4. The summed E-state index contributed by atoms with van der Waals surface area (Å²) in [4.78, 5) is 12.5. The third-order valence-corrected chi connectivity index (χ3v) is 4.29. The second kappa shape index (κ2) is 7.70. The maximum absolute atomic E-state index is 12.5. The van der Waals surface area contributed by atoms with E-state index in [2.05, 4.69) is 21.2 Å². The third kappa shape index (κ3) is 3.98. The van der Waals surface area contributed by atoms with Crippen molar-refractivity contribution >= 4 is 39.1 Å². The molecule has 2 aromatic carbocycles. The Hall–Kier alpha value is -1.72. The SMILES string of the molecule is CCOc1cc(C(=O)Nc2cccc(Cl)c2C)cc(Br)c1OC. The number of ether oxygens (including phenoxy) is 2. The first-order chi connectivity index (χ1) is 11.0. The molecule has 0 heterocycles. The third-order valence-electron chi connectivity index (χ3n) is 3.29. The fraction of sp³-hybridized carbons (Fsp3) is 0.235. The van der Waals surface area contributed by atoms with E-state index >= 15 is 0 Å². The number of benzene rings is 2. The molecule has 0 saturated heterocycles. The van der Waals surface area contributed by atoms with Crippen molar-refractivity contribution in [1.29, 1.82) is 0 Å². The molecule has 0 saturated carbocycles. The number of halogens is 2. The Labute approximate surface area is 148 Å². The average Bonchev–Trinajstić information content (AvgIpc) is 2.52. The molecule has 0 aromatic heterocycles. The molecule has 1 amide bonds. The minimum Gasteiger partial charge on any atom is -0.492 e. The predicted molar refractivity (Wildman–Crippen MR) is 96.0 cm³/mol. The van der Waals surface area contributed by atoms with Crippen LogP contribution in [0.3, 0.4) is 0 Å². The molecule has 0 aliphatic carbocycles. The number of carbonyl (C=O) groups excluding carboxylic acids is 1. The summed E-state index contributed by atoms with van der Waals surface area (Å²) in [6, 6.07) is 8.73. The summed E-state index contributed by atoms with van der Waals surface area (Å²) in [6.07, 6.45) is 0. The second-order valence-electron chi connectivity index (χ2n) is 4.79. The number of hydrogen-bond donors (Lipinski definition) is 1. The Balaban J connectivity index is 2.34.